The van der Waals surface area contributed by atoms with E-state index in [1.165, 1.54) is 6.08 Å². The van der Waals surface area contributed by atoms with Gasteiger partial charge in [-0.15, -0.1) is 5.73 Å². The van der Waals surface area contributed by atoms with Crippen LogP contribution in [0.25, 0.3) is 6.08 Å². The average molecular weight is 186 g/mol. The van der Waals surface area contributed by atoms with Crippen LogP contribution in [0, 0.1) is 0 Å². The van der Waals surface area contributed by atoms with Gasteiger partial charge in [0.15, 0.2) is 0 Å². The Morgan fingerprint density at radius 2 is 2.07 bits per heavy atom. The van der Waals surface area contributed by atoms with Gasteiger partial charge >= 0.3 is 0 Å². The molecule has 72 valence electrons. The number of benzene rings is 1. The van der Waals surface area contributed by atoms with Crippen LogP contribution in [0.1, 0.15) is 12.5 Å². The highest BCUT2D eigenvalue weighted by Gasteiger charge is 2.00. The smallest absolute Gasteiger partial charge is 0.101 e. The van der Waals surface area contributed by atoms with E-state index in [0.717, 1.165) is 11.1 Å². The molecule has 1 heteroatoms. The van der Waals surface area contributed by atoms with Gasteiger partial charge in [0.2, 0.25) is 0 Å². The van der Waals surface area contributed by atoms with Crippen molar-refractivity contribution in [2.75, 3.05) is 0 Å². The number of hydrogen-bond donors (Lipinski definition) is 1. The van der Waals surface area contributed by atoms with Crippen molar-refractivity contribution in [2.45, 2.75) is 13.0 Å². The summed E-state index contributed by atoms with van der Waals surface area (Å²) in [5, 5.41) is 9.55. The Hall–Kier alpha value is -1.56. The fourth-order valence-corrected chi connectivity index (χ4v) is 1.14. The number of rotatable bonds is 3. The summed E-state index contributed by atoms with van der Waals surface area (Å²) in [6.45, 7) is 5.30. The van der Waals surface area contributed by atoms with Gasteiger partial charge in [-0.2, -0.15) is 0 Å². The molecule has 0 bridgehead atoms. The Bertz CT molecular complexity index is 356. The molecule has 1 aromatic rings. The van der Waals surface area contributed by atoms with Crippen molar-refractivity contribution < 1.29 is 5.11 Å². The molecule has 0 aromatic heterocycles. The molecule has 0 aliphatic carbocycles. The third-order valence-electron chi connectivity index (χ3n) is 1.94. The molecule has 0 amide bonds. The zero-order chi connectivity index (χ0) is 10.4. The van der Waals surface area contributed by atoms with E-state index in [1.54, 1.807) is 0 Å². The van der Waals surface area contributed by atoms with Gasteiger partial charge in [-0.3, -0.25) is 0 Å². The maximum atomic E-state index is 9.55. The lowest BCUT2D eigenvalue weighted by Gasteiger charge is -2.04. The van der Waals surface area contributed by atoms with Crippen molar-refractivity contribution >= 4 is 6.08 Å². The van der Waals surface area contributed by atoms with Gasteiger partial charge in [-0.1, -0.05) is 43.0 Å². The molecule has 0 saturated heterocycles. The van der Waals surface area contributed by atoms with Gasteiger partial charge in [-0.05, 0) is 24.1 Å². The highest BCUT2D eigenvalue weighted by molar-refractivity contribution is 5.53. The normalized spacial score (nSPS) is 13.1. The molecular weight excluding hydrogens is 172 g/mol. The van der Waals surface area contributed by atoms with Crippen LogP contribution in [-0.2, 0) is 0 Å². The highest BCUT2D eigenvalue weighted by Crippen LogP contribution is 2.09. The average Bonchev–Trinajstić information content (AvgIpc) is 2.19. The SMILES string of the molecule is C=C=C[C@@H](O)/C(C)=C/c1ccccc1. The second-order valence-electron chi connectivity index (χ2n) is 3.11. The highest BCUT2D eigenvalue weighted by atomic mass is 16.3. The summed E-state index contributed by atoms with van der Waals surface area (Å²) in [5.74, 6) is 0. The van der Waals surface area contributed by atoms with Gasteiger partial charge < -0.3 is 5.11 Å². The van der Waals surface area contributed by atoms with Gasteiger partial charge in [0.1, 0.15) is 6.10 Å². The molecule has 0 saturated carbocycles. The lowest BCUT2D eigenvalue weighted by atomic mass is 10.1. The molecule has 14 heavy (non-hydrogen) atoms. The van der Waals surface area contributed by atoms with Crippen molar-refractivity contribution in [2.24, 2.45) is 0 Å². The maximum Gasteiger partial charge on any atom is 0.101 e. The minimum atomic E-state index is -0.590. The second-order valence-corrected chi connectivity index (χ2v) is 3.11. The zero-order valence-electron chi connectivity index (χ0n) is 8.27. The topological polar surface area (TPSA) is 20.2 Å². The summed E-state index contributed by atoms with van der Waals surface area (Å²) in [6, 6.07) is 9.89. The van der Waals surface area contributed by atoms with Crippen molar-refractivity contribution in [1.29, 1.82) is 0 Å². The third-order valence-corrected chi connectivity index (χ3v) is 1.94. The Morgan fingerprint density at radius 1 is 1.43 bits per heavy atom. The first-order chi connectivity index (χ1) is 6.74. The van der Waals surface area contributed by atoms with Gasteiger partial charge in [0.05, 0.1) is 0 Å². The number of hydrogen-bond acceptors (Lipinski definition) is 1. The molecule has 1 rings (SSSR count). The van der Waals surface area contributed by atoms with Crippen molar-refractivity contribution in [3.8, 4) is 0 Å². The summed E-state index contributed by atoms with van der Waals surface area (Å²) in [5.41, 5.74) is 4.53. The molecule has 0 aliphatic heterocycles. The zero-order valence-corrected chi connectivity index (χ0v) is 8.27. The van der Waals surface area contributed by atoms with E-state index in [9.17, 15) is 5.11 Å². The molecular formula is C13H14O. The van der Waals surface area contributed by atoms with E-state index in [-0.39, 0.29) is 0 Å². The molecule has 0 heterocycles. The van der Waals surface area contributed by atoms with Crippen molar-refractivity contribution in [3.63, 3.8) is 0 Å². The Balaban J connectivity index is 2.83. The van der Waals surface area contributed by atoms with Gasteiger partial charge in [-0.25, -0.2) is 0 Å². The van der Waals surface area contributed by atoms with Crippen LogP contribution in [0.3, 0.4) is 0 Å². The first-order valence-electron chi connectivity index (χ1n) is 4.51. The van der Waals surface area contributed by atoms with E-state index in [1.807, 2.05) is 43.3 Å². The molecule has 1 N–H and O–H groups in total. The largest absolute Gasteiger partial charge is 0.384 e. The van der Waals surface area contributed by atoms with Crippen LogP contribution in [0.4, 0.5) is 0 Å². The first-order valence-corrected chi connectivity index (χ1v) is 4.51. The van der Waals surface area contributed by atoms with E-state index >= 15 is 0 Å². The first kappa shape index (κ1) is 10.5. The quantitative estimate of drug-likeness (QED) is 0.720. The van der Waals surface area contributed by atoms with Gasteiger partial charge in [0, 0.05) is 0 Å². The van der Waals surface area contributed by atoms with Crippen molar-refractivity contribution in [1.82, 2.24) is 0 Å². The Morgan fingerprint density at radius 3 is 2.64 bits per heavy atom. The lowest BCUT2D eigenvalue weighted by molar-refractivity contribution is 0.260. The number of aliphatic hydroxyl groups is 1. The molecule has 0 radical (unpaired) electrons. The monoisotopic (exact) mass is 186 g/mol. The molecule has 0 unspecified atom stereocenters. The summed E-state index contributed by atoms with van der Waals surface area (Å²) >= 11 is 0. The van der Waals surface area contributed by atoms with Crippen LogP contribution >= 0.6 is 0 Å². The molecule has 1 aromatic carbocycles. The fraction of sp³-hybridized carbons (Fsp3) is 0.154. The minimum Gasteiger partial charge on any atom is -0.384 e. The molecule has 1 nitrogen and oxygen atoms in total. The fourth-order valence-electron chi connectivity index (χ4n) is 1.14. The van der Waals surface area contributed by atoms with E-state index in [0.29, 0.717) is 0 Å². The van der Waals surface area contributed by atoms with E-state index in [4.69, 9.17) is 0 Å². The predicted octanol–water partition coefficient (Wildman–Crippen LogP) is 2.79. The lowest BCUT2D eigenvalue weighted by Crippen LogP contribution is -2.02. The summed E-state index contributed by atoms with van der Waals surface area (Å²) in [7, 11) is 0. The summed E-state index contributed by atoms with van der Waals surface area (Å²) < 4.78 is 0. The van der Waals surface area contributed by atoms with Crippen LogP contribution in [0.15, 0.2) is 54.3 Å². The predicted molar refractivity (Wildman–Crippen MR) is 59.8 cm³/mol. The third kappa shape index (κ3) is 3.06. The van der Waals surface area contributed by atoms with E-state index in [2.05, 4.69) is 12.3 Å². The Labute approximate surface area is 84.7 Å². The molecule has 0 spiro atoms. The molecule has 1 atom stereocenters. The Kier molecular flexibility index (Phi) is 3.93. The van der Waals surface area contributed by atoms with Crippen LogP contribution in [0.2, 0.25) is 0 Å². The minimum absolute atomic E-state index is 0.590. The second kappa shape index (κ2) is 5.23. The van der Waals surface area contributed by atoms with Crippen LogP contribution in [-0.4, -0.2) is 11.2 Å². The van der Waals surface area contributed by atoms with Gasteiger partial charge in [0.25, 0.3) is 0 Å². The van der Waals surface area contributed by atoms with Crippen molar-refractivity contribution in [3.05, 3.63) is 59.9 Å². The van der Waals surface area contributed by atoms with E-state index < -0.39 is 6.10 Å². The maximum absolute atomic E-state index is 9.55. The molecule has 0 aliphatic rings. The van der Waals surface area contributed by atoms with Crippen LogP contribution < -0.4 is 0 Å². The molecule has 0 fully saturated rings. The number of aliphatic hydroxyl groups excluding tert-OH is 1. The van der Waals surface area contributed by atoms with Crippen LogP contribution in [0.5, 0.6) is 0 Å². The summed E-state index contributed by atoms with van der Waals surface area (Å²) in [6.07, 6.45) is 2.89. The standard InChI is InChI=1S/C13H14O/c1-3-7-13(14)11(2)10-12-8-5-4-6-9-12/h4-10,13-14H,1H2,2H3/b11-10+/t13-/m1/s1. The summed E-state index contributed by atoms with van der Waals surface area (Å²) in [4.78, 5) is 0.